The molecule has 37 heavy (non-hydrogen) atoms. The van der Waals surface area contributed by atoms with Gasteiger partial charge in [-0.15, -0.1) is 0 Å². The molecule has 0 aliphatic carbocycles. The lowest BCUT2D eigenvalue weighted by Crippen LogP contribution is -2.38. The summed E-state index contributed by atoms with van der Waals surface area (Å²) < 4.78 is 42.0. The first-order chi connectivity index (χ1) is 17.9. The number of aryl methyl sites for hydroxylation is 2. The summed E-state index contributed by atoms with van der Waals surface area (Å²) in [6.45, 7) is 5.88. The van der Waals surface area contributed by atoms with E-state index in [1.807, 2.05) is 48.5 Å². The van der Waals surface area contributed by atoms with Gasteiger partial charge in [0.15, 0.2) is 16.9 Å². The molecule has 1 aliphatic heterocycles. The average Bonchev–Trinajstić information content (AvgIpc) is 2.91. The van der Waals surface area contributed by atoms with E-state index in [2.05, 4.69) is 18.8 Å². The third-order valence-electron chi connectivity index (χ3n) is 6.72. The van der Waals surface area contributed by atoms with Crippen molar-refractivity contribution >= 4 is 21.5 Å². The average molecular weight is 516 g/mol. The Bertz CT molecular complexity index is 1570. The van der Waals surface area contributed by atoms with E-state index < -0.39 is 15.5 Å². The molecular formula is C29H29N3O4S. The van der Waals surface area contributed by atoms with Crippen LogP contribution in [0.1, 0.15) is 38.3 Å². The Balaban J connectivity index is 1.88. The highest BCUT2D eigenvalue weighted by Crippen LogP contribution is 2.53. The number of nitrogens with zero attached hydrogens (tertiary/aromatic N) is 3. The van der Waals surface area contributed by atoms with Crippen LogP contribution in [0.2, 0.25) is 0 Å². The number of para-hydroxylation sites is 2. The van der Waals surface area contributed by atoms with Crippen LogP contribution >= 0.6 is 0 Å². The van der Waals surface area contributed by atoms with Crippen LogP contribution in [-0.2, 0) is 23.0 Å². The summed E-state index contributed by atoms with van der Waals surface area (Å²) in [5.41, 5.74) is 6.33. The number of hydrogen-bond acceptors (Lipinski definition) is 6. The quantitative estimate of drug-likeness (QED) is 0.270. The molecular weight excluding hydrogens is 486 g/mol. The second kappa shape index (κ2) is 9.95. The Morgan fingerprint density at radius 2 is 1.51 bits per heavy atom. The summed E-state index contributed by atoms with van der Waals surface area (Å²) in [5, 5.41) is -1.21. The van der Waals surface area contributed by atoms with Crippen LogP contribution in [0.5, 0.6) is 11.5 Å². The molecule has 0 bridgehead atoms. The zero-order valence-corrected chi connectivity index (χ0v) is 21.9. The summed E-state index contributed by atoms with van der Waals surface area (Å²) in [6.07, 6.45) is 5.20. The van der Waals surface area contributed by atoms with Crippen molar-refractivity contribution in [2.75, 3.05) is 4.90 Å². The van der Waals surface area contributed by atoms with Crippen LogP contribution in [0.25, 0.3) is 22.5 Å². The Morgan fingerprint density at radius 3 is 2.16 bits per heavy atom. The van der Waals surface area contributed by atoms with E-state index in [0.717, 1.165) is 46.5 Å². The van der Waals surface area contributed by atoms with Gasteiger partial charge >= 0.3 is 0 Å². The van der Waals surface area contributed by atoms with Crippen molar-refractivity contribution in [2.45, 2.75) is 45.4 Å². The van der Waals surface area contributed by atoms with Crippen molar-refractivity contribution in [3.05, 3.63) is 84.2 Å². The van der Waals surface area contributed by atoms with Crippen molar-refractivity contribution in [1.29, 1.82) is 0 Å². The molecule has 0 spiro atoms. The van der Waals surface area contributed by atoms with E-state index in [9.17, 15) is 13.0 Å². The molecule has 5 rings (SSSR count). The fourth-order valence-electron chi connectivity index (χ4n) is 4.98. The minimum Gasteiger partial charge on any atom is -0.452 e. The molecule has 0 saturated heterocycles. The van der Waals surface area contributed by atoms with E-state index in [1.54, 1.807) is 36.4 Å². The van der Waals surface area contributed by atoms with E-state index >= 15 is 0 Å². The monoisotopic (exact) mass is 515 g/mol. The Kier molecular flexibility index (Phi) is 6.70. The first-order valence-electron chi connectivity index (χ1n) is 12.5. The number of pyridine rings is 2. The molecule has 1 N–H and O–H groups in total. The number of aromatic nitrogens is 2. The molecule has 4 aromatic rings. The number of rotatable bonds is 7. The van der Waals surface area contributed by atoms with E-state index in [-0.39, 0.29) is 6.42 Å². The van der Waals surface area contributed by atoms with Gasteiger partial charge in [-0.3, -0.25) is 14.5 Å². The molecule has 1 atom stereocenters. The molecule has 1 unspecified atom stereocenters. The Hall–Kier alpha value is -3.75. The first kappa shape index (κ1) is 24.9. The van der Waals surface area contributed by atoms with Gasteiger partial charge < -0.3 is 9.64 Å². The van der Waals surface area contributed by atoms with Crippen molar-refractivity contribution in [3.63, 3.8) is 0 Å². The second-order valence-electron chi connectivity index (χ2n) is 8.92. The maximum Gasteiger partial charge on any atom is 0.286 e. The van der Waals surface area contributed by atoms with Gasteiger partial charge in [-0.2, -0.15) is 8.42 Å². The first-order valence-corrected chi connectivity index (χ1v) is 14.0. The van der Waals surface area contributed by atoms with Gasteiger partial charge in [0, 0.05) is 23.5 Å². The molecule has 8 heteroatoms. The number of fused-ring (bicyclic) bond motifs is 2. The van der Waals surface area contributed by atoms with Crippen LogP contribution in [0, 0.1) is 0 Å². The summed E-state index contributed by atoms with van der Waals surface area (Å²) in [6, 6.07) is 19.1. The van der Waals surface area contributed by atoms with Crippen molar-refractivity contribution in [3.8, 4) is 34.0 Å². The molecule has 0 saturated carbocycles. The van der Waals surface area contributed by atoms with Gasteiger partial charge in [0.1, 0.15) is 0 Å². The lowest BCUT2D eigenvalue weighted by atomic mass is 9.95. The van der Waals surface area contributed by atoms with Crippen LogP contribution in [-0.4, -0.2) is 28.3 Å². The predicted molar refractivity (Wildman–Crippen MR) is 146 cm³/mol. The highest BCUT2D eigenvalue weighted by Gasteiger charge is 2.37. The molecule has 190 valence electrons. The third kappa shape index (κ3) is 4.47. The summed E-state index contributed by atoms with van der Waals surface area (Å²) in [4.78, 5) is 11.1. The van der Waals surface area contributed by atoms with Crippen molar-refractivity contribution < 1.29 is 17.7 Å². The van der Waals surface area contributed by atoms with Gasteiger partial charge in [-0.25, -0.2) is 0 Å². The fourth-order valence-corrected chi connectivity index (χ4v) is 5.90. The van der Waals surface area contributed by atoms with Crippen LogP contribution in [0.4, 0.5) is 11.4 Å². The van der Waals surface area contributed by atoms with Gasteiger partial charge in [0.05, 0.1) is 22.8 Å². The smallest absolute Gasteiger partial charge is 0.286 e. The van der Waals surface area contributed by atoms with Gasteiger partial charge in [-0.1, -0.05) is 45.0 Å². The van der Waals surface area contributed by atoms with Crippen LogP contribution in [0.15, 0.2) is 73.1 Å². The Morgan fingerprint density at radius 1 is 0.865 bits per heavy atom. The van der Waals surface area contributed by atoms with Crippen molar-refractivity contribution in [1.82, 2.24) is 9.97 Å². The second-order valence-corrected chi connectivity index (χ2v) is 10.5. The number of hydrogen-bond donors (Lipinski definition) is 1. The number of benzene rings is 2. The molecule has 3 heterocycles. The maximum absolute atomic E-state index is 12.6. The topological polar surface area (TPSA) is 92.6 Å². The highest BCUT2D eigenvalue weighted by molar-refractivity contribution is 7.86. The summed E-state index contributed by atoms with van der Waals surface area (Å²) in [7, 11) is -4.44. The molecule has 7 nitrogen and oxygen atoms in total. The standard InChI is InChI=1S/C29H29N3O4S/c1-4-19-11-9-15-30-27(19)21-17-22(28-20(5-2)12-10-16-31-28)29-24(18-21)32(26(6-3)37(33,34)35)23-13-7-8-14-25(23)36-29/h7-18,26H,4-6H2,1-3H3,(H,33,34,35). The summed E-state index contributed by atoms with van der Waals surface area (Å²) in [5.74, 6) is 0.999. The van der Waals surface area contributed by atoms with E-state index in [1.165, 1.54) is 0 Å². The number of anilines is 2. The third-order valence-corrected chi connectivity index (χ3v) is 7.95. The molecule has 1 aliphatic rings. The molecule has 2 aromatic heterocycles. The zero-order valence-electron chi connectivity index (χ0n) is 21.0. The number of ether oxygens (including phenoxy) is 1. The normalized spacial score (nSPS) is 13.5. The van der Waals surface area contributed by atoms with E-state index in [4.69, 9.17) is 9.72 Å². The van der Waals surface area contributed by atoms with Crippen LogP contribution in [0.3, 0.4) is 0 Å². The molecule has 0 fully saturated rings. The lowest BCUT2D eigenvalue weighted by molar-refractivity contribution is 0.452. The maximum atomic E-state index is 12.6. The molecule has 0 radical (unpaired) electrons. The van der Waals surface area contributed by atoms with E-state index in [0.29, 0.717) is 22.9 Å². The molecule has 2 aromatic carbocycles. The molecule has 0 amide bonds. The SMILES string of the molecule is CCc1cccnc1-c1cc(-c2ncccc2CC)c2c(c1)N(C(CC)S(=O)(=O)O)c1ccccc1O2. The lowest BCUT2D eigenvalue weighted by Gasteiger charge is -2.37. The van der Waals surface area contributed by atoms with Gasteiger partial charge in [0.2, 0.25) is 0 Å². The predicted octanol–water partition coefficient (Wildman–Crippen LogP) is 6.80. The Labute approximate surface area is 217 Å². The van der Waals surface area contributed by atoms with Crippen LogP contribution < -0.4 is 9.64 Å². The highest BCUT2D eigenvalue weighted by atomic mass is 32.2. The minimum absolute atomic E-state index is 0.166. The fraction of sp³-hybridized carbons (Fsp3) is 0.241. The summed E-state index contributed by atoms with van der Waals surface area (Å²) >= 11 is 0. The van der Waals surface area contributed by atoms with Crippen molar-refractivity contribution in [2.24, 2.45) is 0 Å². The van der Waals surface area contributed by atoms with Gasteiger partial charge in [0.25, 0.3) is 10.1 Å². The van der Waals surface area contributed by atoms with Gasteiger partial charge in [-0.05, 0) is 66.8 Å². The zero-order chi connectivity index (χ0) is 26.2. The largest absolute Gasteiger partial charge is 0.452 e. The minimum atomic E-state index is -4.44.